The van der Waals surface area contributed by atoms with E-state index in [0.717, 1.165) is 38.3 Å². The molecule has 0 bridgehead atoms. The number of benzene rings is 1. The number of aromatic nitrogens is 2. The Hall–Kier alpha value is -1.81. The average Bonchev–Trinajstić information content (AvgIpc) is 2.90. The van der Waals surface area contributed by atoms with Gasteiger partial charge >= 0.3 is 0 Å². The molecule has 1 N–H and O–H groups in total. The second-order valence-corrected chi connectivity index (χ2v) is 7.05. The lowest BCUT2D eigenvalue weighted by molar-refractivity contribution is 0.403. The fourth-order valence-electron chi connectivity index (χ4n) is 3.53. The molecule has 0 atom stereocenters. The van der Waals surface area contributed by atoms with Crippen LogP contribution in [-0.2, 0) is 6.54 Å². The summed E-state index contributed by atoms with van der Waals surface area (Å²) in [6, 6.07) is 11.7. The van der Waals surface area contributed by atoms with Gasteiger partial charge in [-0.3, -0.25) is 4.68 Å². The lowest BCUT2D eigenvalue weighted by Gasteiger charge is -2.34. The highest BCUT2D eigenvalue weighted by atomic mass is 15.3. The number of nitrogens with one attached hydrogen (secondary N) is 1. The number of hydrogen-bond acceptors (Lipinski definition) is 3. The molecule has 2 aromatic rings. The zero-order valence-corrected chi connectivity index (χ0v) is 15.3. The first-order chi connectivity index (χ1) is 11.6. The van der Waals surface area contributed by atoms with Crippen LogP contribution in [0.15, 0.2) is 30.3 Å². The Balaban J connectivity index is 1.36. The van der Waals surface area contributed by atoms with Gasteiger partial charge in [0, 0.05) is 37.1 Å². The van der Waals surface area contributed by atoms with Crippen molar-refractivity contribution in [2.24, 2.45) is 0 Å². The molecule has 0 saturated carbocycles. The number of anilines is 1. The molecule has 1 aromatic heterocycles. The molecule has 1 aromatic carbocycles. The van der Waals surface area contributed by atoms with Gasteiger partial charge in [0.05, 0.1) is 5.69 Å². The van der Waals surface area contributed by atoms with Crippen LogP contribution < -0.4 is 10.2 Å². The summed E-state index contributed by atoms with van der Waals surface area (Å²) < 4.78 is 2.12. The maximum Gasteiger partial charge on any atom is 0.0596 e. The molecule has 1 aliphatic heterocycles. The van der Waals surface area contributed by atoms with Crippen molar-refractivity contribution in [3.8, 4) is 0 Å². The first kappa shape index (κ1) is 17.0. The van der Waals surface area contributed by atoms with Crippen molar-refractivity contribution in [3.05, 3.63) is 47.3 Å². The monoisotopic (exact) mass is 326 g/mol. The summed E-state index contributed by atoms with van der Waals surface area (Å²) in [4.78, 5) is 2.51. The van der Waals surface area contributed by atoms with Crippen molar-refractivity contribution in [1.29, 1.82) is 0 Å². The van der Waals surface area contributed by atoms with Crippen LogP contribution in [0.2, 0.25) is 0 Å². The van der Waals surface area contributed by atoms with Gasteiger partial charge in [-0.2, -0.15) is 5.10 Å². The quantitative estimate of drug-likeness (QED) is 0.825. The van der Waals surface area contributed by atoms with Crippen molar-refractivity contribution < 1.29 is 0 Å². The van der Waals surface area contributed by atoms with E-state index in [0.29, 0.717) is 6.04 Å². The lowest BCUT2D eigenvalue weighted by atomic mass is 10.0. The highest BCUT2D eigenvalue weighted by molar-refractivity contribution is 5.47. The standard InChI is InChI=1S/C20H30N4/c1-16-5-7-20(8-6-16)23-13-9-19(10-14-23)21-11-4-12-24-18(3)15-17(2)22-24/h5-8,15,19,21H,4,9-14H2,1-3H3. The van der Waals surface area contributed by atoms with Gasteiger partial charge in [-0.1, -0.05) is 17.7 Å². The molecule has 0 unspecified atom stereocenters. The molecule has 4 nitrogen and oxygen atoms in total. The Morgan fingerprint density at radius 3 is 2.42 bits per heavy atom. The Morgan fingerprint density at radius 2 is 1.79 bits per heavy atom. The summed E-state index contributed by atoms with van der Waals surface area (Å²) in [5.74, 6) is 0. The first-order valence-electron chi connectivity index (χ1n) is 9.18. The number of piperidine rings is 1. The van der Waals surface area contributed by atoms with Crippen LogP contribution >= 0.6 is 0 Å². The molecule has 1 aliphatic rings. The molecule has 2 heterocycles. The van der Waals surface area contributed by atoms with Crippen molar-refractivity contribution in [3.63, 3.8) is 0 Å². The molecule has 4 heteroatoms. The number of aryl methyl sites for hydroxylation is 4. The fraction of sp³-hybridized carbons (Fsp3) is 0.550. The number of nitrogens with zero attached hydrogens (tertiary/aromatic N) is 3. The van der Waals surface area contributed by atoms with Crippen molar-refractivity contribution >= 4 is 5.69 Å². The number of rotatable bonds is 6. The zero-order chi connectivity index (χ0) is 16.9. The predicted octanol–water partition coefficient (Wildman–Crippen LogP) is 3.46. The first-order valence-corrected chi connectivity index (χ1v) is 9.18. The summed E-state index contributed by atoms with van der Waals surface area (Å²) in [6.45, 7) is 10.7. The summed E-state index contributed by atoms with van der Waals surface area (Å²) in [6.07, 6.45) is 3.60. The van der Waals surface area contributed by atoms with E-state index in [-0.39, 0.29) is 0 Å². The fourth-order valence-corrected chi connectivity index (χ4v) is 3.53. The Kier molecular flexibility index (Phi) is 5.56. The molecular formula is C20H30N4. The van der Waals surface area contributed by atoms with Crippen LogP contribution in [0, 0.1) is 20.8 Å². The maximum atomic E-state index is 4.53. The van der Waals surface area contributed by atoms with E-state index >= 15 is 0 Å². The zero-order valence-electron chi connectivity index (χ0n) is 15.3. The van der Waals surface area contributed by atoms with E-state index in [1.807, 2.05) is 0 Å². The normalized spacial score (nSPS) is 15.9. The lowest BCUT2D eigenvalue weighted by Crippen LogP contribution is -2.43. The van der Waals surface area contributed by atoms with Crippen molar-refractivity contribution in [2.45, 2.75) is 52.6 Å². The molecule has 3 rings (SSSR count). The van der Waals surface area contributed by atoms with Crippen LogP contribution in [0.25, 0.3) is 0 Å². The van der Waals surface area contributed by atoms with Gasteiger partial charge in [0.25, 0.3) is 0 Å². The SMILES string of the molecule is Cc1ccc(N2CCC(NCCCn3nc(C)cc3C)CC2)cc1. The molecular weight excluding hydrogens is 296 g/mol. The largest absolute Gasteiger partial charge is 0.371 e. The second-order valence-electron chi connectivity index (χ2n) is 7.05. The molecule has 24 heavy (non-hydrogen) atoms. The summed E-state index contributed by atoms with van der Waals surface area (Å²) in [5.41, 5.74) is 5.07. The highest BCUT2D eigenvalue weighted by Crippen LogP contribution is 2.20. The summed E-state index contributed by atoms with van der Waals surface area (Å²) in [5, 5.41) is 8.26. The topological polar surface area (TPSA) is 33.1 Å². The highest BCUT2D eigenvalue weighted by Gasteiger charge is 2.18. The molecule has 0 aliphatic carbocycles. The minimum Gasteiger partial charge on any atom is -0.371 e. The minimum absolute atomic E-state index is 0.659. The van der Waals surface area contributed by atoms with E-state index in [1.54, 1.807) is 0 Å². The van der Waals surface area contributed by atoms with E-state index in [4.69, 9.17) is 0 Å². The van der Waals surface area contributed by atoms with Crippen LogP contribution in [0.5, 0.6) is 0 Å². The van der Waals surface area contributed by atoms with E-state index in [2.05, 4.69) is 71.1 Å². The smallest absolute Gasteiger partial charge is 0.0596 e. The molecule has 0 amide bonds. The molecule has 0 spiro atoms. The Bertz CT molecular complexity index is 636. The van der Waals surface area contributed by atoms with Gasteiger partial charge in [-0.05, 0) is 64.8 Å². The molecule has 1 fully saturated rings. The van der Waals surface area contributed by atoms with Crippen LogP contribution in [0.4, 0.5) is 5.69 Å². The third-order valence-electron chi connectivity index (χ3n) is 4.98. The van der Waals surface area contributed by atoms with E-state index < -0.39 is 0 Å². The van der Waals surface area contributed by atoms with Gasteiger partial charge < -0.3 is 10.2 Å². The van der Waals surface area contributed by atoms with Gasteiger partial charge in [-0.25, -0.2) is 0 Å². The third-order valence-corrected chi connectivity index (χ3v) is 4.98. The molecule has 1 saturated heterocycles. The van der Waals surface area contributed by atoms with Gasteiger partial charge in [0.1, 0.15) is 0 Å². The van der Waals surface area contributed by atoms with Gasteiger partial charge in [0.15, 0.2) is 0 Å². The van der Waals surface area contributed by atoms with Crippen LogP contribution in [0.3, 0.4) is 0 Å². The van der Waals surface area contributed by atoms with Crippen LogP contribution in [-0.4, -0.2) is 35.5 Å². The average molecular weight is 326 g/mol. The van der Waals surface area contributed by atoms with Crippen LogP contribution in [0.1, 0.15) is 36.2 Å². The van der Waals surface area contributed by atoms with E-state index in [1.165, 1.54) is 29.8 Å². The van der Waals surface area contributed by atoms with Gasteiger partial charge in [-0.15, -0.1) is 0 Å². The predicted molar refractivity (Wildman–Crippen MR) is 101 cm³/mol. The van der Waals surface area contributed by atoms with Crippen molar-refractivity contribution in [1.82, 2.24) is 15.1 Å². The Morgan fingerprint density at radius 1 is 1.08 bits per heavy atom. The summed E-state index contributed by atoms with van der Waals surface area (Å²) in [7, 11) is 0. The second kappa shape index (κ2) is 7.84. The molecule has 130 valence electrons. The maximum absolute atomic E-state index is 4.53. The molecule has 0 radical (unpaired) electrons. The Labute approximate surface area is 145 Å². The minimum atomic E-state index is 0.659. The van der Waals surface area contributed by atoms with Crippen molar-refractivity contribution in [2.75, 3.05) is 24.5 Å². The summed E-state index contributed by atoms with van der Waals surface area (Å²) >= 11 is 0. The third kappa shape index (κ3) is 4.38. The number of hydrogen-bond donors (Lipinski definition) is 1. The van der Waals surface area contributed by atoms with Gasteiger partial charge in [0.2, 0.25) is 0 Å². The van der Waals surface area contributed by atoms with E-state index in [9.17, 15) is 0 Å².